The molecule has 0 atom stereocenters. The van der Waals surface area contributed by atoms with E-state index >= 15 is 0 Å². The number of aliphatic hydroxyl groups excluding tert-OH is 1. The van der Waals surface area contributed by atoms with Crippen molar-refractivity contribution in [1.82, 2.24) is 5.32 Å². The molecule has 0 saturated heterocycles. The molecule has 0 aromatic heterocycles. The number of nitrogens with two attached hydrogens (primary N) is 1. The van der Waals surface area contributed by atoms with Gasteiger partial charge in [0.2, 0.25) is 0 Å². The zero-order valence-corrected chi connectivity index (χ0v) is 4.13. The fourth-order valence-corrected chi connectivity index (χ4v) is 0.0354. The van der Waals surface area contributed by atoms with Gasteiger partial charge in [-0.3, -0.25) is 0 Å². The first kappa shape index (κ1) is 9.74. The minimum Gasteiger partial charge on any atom is -0.376 e. The molecule has 0 aromatic carbocycles. The van der Waals surface area contributed by atoms with Crippen molar-refractivity contribution in [2.75, 3.05) is 6.73 Å². The Morgan fingerprint density at radius 2 is 2.00 bits per heavy atom. The predicted octanol–water partition coefficient (Wildman–Crippen LogP) is -1.57. The molecule has 0 aliphatic carbocycles. The van der Waals surface area contributed by atoms with E-state index in [9.17, 15) is 0 Å². The molecule has 4 N–H and O–H groups in total. The maximum Gasteiger partial charge on any atom is 0.178 e. The molecule has 0 aromatic rings. The fraction of sp³-hybridized carbons (Fsp3) is 0.333. The van der Waals surface area contributed by atoms with Crippen molar-refractivity contribution in [3.8, 4) is 12.4 Å². The maximum atomic E-state index is 7.73. The Morgan fingerprint density at radius 3 is 2.00 bits per heavy atom. The maximum absolute atomic E-state index is 7.73. The first-order valence-electron chi connectivity index (χ1n) is 1.66. The summed E-state index contributed by atoms with van der Waals surface area (Å²) in [5, 5.41) is 24.3. The van der Waals surface area contributed by atoms with E-state index in [1.165, 1.54) is 12.4 Å². The Balaban J connectivity index is 0. The van der Waals surface area contributed by atoms with Crippen LogP contribution in [0.2, 0.25) is 0 Å². The number of nitriles is 2. The Hall–Kier alpha value is -1.46. The van der Waals surface area contributed by atoms with Gasteiger partial charge in [0, 0.05) is 0 Å². The molecular weight excluding hydrogens is 108 g/mol. The van der Waals surface area contributed by atoms with Crippen molar-refractivity contribution in [2.24, 2.45) is 5.73 Å². The van der Waals surface area contributed by atoms with Crippen molar-refractivity contribution < 1.29 is 5.11 Å². The Morgan fingerprint density at radius 1 is 1.62 bits per heavy atom. The van der Waals surface area contributed by atoms with E-state index in [1.807, 2.05) is 5.32 Å². The largest absolute Gasteiger partial charge is 0.376 e. The van der Waals surface area contributed by atoms with Crippen molar-refractivity contribution in [3.63, 3.8) is 0 Å². The third kappa shape index (κ3) is 195. The van der Waals surface area contributed by atoms with Gasteiger partial charge in [-0.15, -0.1) is 0 Å². The lowest BCUT2D eigenvalue weighted by atomic mass is 11.1. The van der Waals surface area contributed by atoms with Gasteiger partial charge in [-0.2, -0.15) is 10.5 Å². The third-order valence-electron chi connectivity index (χ3n) is 0.158. The summed E-state index contributed by atoms with van der Waals surface area (Å²) in [6.07, 6.45) is 2.77. The average Bonchev–Trinajstić information content (AvgIpc) is 1.71. The smallest absolute Gasteiger partial charge is 0.178 e. The summed E-state index contributed by atoms with van der Waals surface area (Å²) in [5.74, 6) is 0. The number of nitrogens with zero attached hydrogens (tertiary/aromatic N) is 2. The summed E-state index contributed by atoms with van der Waals surface area (Å²) in [6.45, 7) is -0.267. The number of hydrogen-bond acceptors (Lipinski definition) is 5. The summed E-state index contributed by atoms with van der Waals surface area (Å²) >= 11 is 0. The average molecular weight is 114 g/mol. The Bertz CT molecular complexity index is 98.8. The van der Waals surface area contributed by atoms with Gasteiger partial charge in [0.15, 0.2) is 12.4 Å². The van der Waals surface area contributed by atoms with Gasteiger partial charge in [0.25, 0.3) is 0 Å². The van der Waals surface area contributed by atoms with E-state index in [4.69, 9.17) is 15.6 Å². The number of hydrogen-bond donors (Lipinski definition) is 3. The highest BCUT2D eigenvalue weighted by atomic mass is 16.3. The first-order valence-corrected chi connectivity index (χ1v) is 1.66. The van der Waals surface area contributed by atoms with Gasteiger partial charge in [0.05, 0.1) is 0 Å². The second-order valence-electron chi connectivity index (χ2n) is 0.576. The van der Waals surface area contributed by atoms with E-state index in [2.05, 4.69) is 5.73 Å². The van der Waals surface area contributed by atoms with E-state index in [1.54, 1.807) is 0 Å². The molecule has 8 heavy (non-hydrogen) atoms. The van der Waals surface area contributed by atoms with Crippen molar-refractivity contribution >= 4 is 0 Å². The van der Waals surface area contributed by atoms with E-state index in [-0.39, 0.29) is 6.73 Å². The molecule has 0 heterocycles. The second-order valence-corrected chi connectivity index (χ2v) is 0.576. The summed E-state index contributed by atoms with van der Waals surface area (Å²) in [6, 6.07) is 0. The molecule has 0 fully saturated rings. The lowest BCUT2D eigenvalue weighted by Gasteiger charge is -1.75. The van der Waals surface area contributed by atoms with Gasteiger partial charge in [-0.05, 0) is 0 Å². The Labute approximate surface area is 46.9 Å². The molecule has 44 valence electrons. The van der Waals surface area contributed by atoms with Gasteiger partial charge in [0.1, 0.15) is 6.73 Å². The molecular formula is C3H6N4O. The minimum absolute atomic E-state index is 0.267. The quantitative estimate of drug-likeness (QED) is 0.217. The molecule has 5 nitrogen and oxygen atoms in total. The van der Waals surface area contributed by atoms with Crippen molar-refractivity contribution in [1.29, 1.82) is 10.5 Å². The zero-order valence-electron chi connectivity index (χ0n) is 4.13. The van der Waals surface area contributed by atoms with Crippen LogP contribution in [0.4, 0.5) is 0 Å². The topological polar surface area (TPSA) is 106 Å². The standard InChI is InChI=1S/C2H4N2O.CH2N2/c3-1-4-2-5;2-1-3/h4-5H,2H2;2H2. The molecule has 0 unspecified atom stereocenters. The van der Waals surface area contributed by atoms with Gasteiger partial charge < -0.3 is 16.2 Å². The van der Waals surface area contributed by atoms with Crippen molar-refractivity contribution in [2.45, 2.75) is 0 Å². The van der Waals surface area contributed by atoms with E-state index < -0.39 is 0 Å². The van der Waals surface area contributed by atoms with Crippen LogP contribution in [0.5, 0.6) is 0 Å². The van der Waals surface area contributed by atoms with Crippen LogP contribution >= 0.6 is 0 Å². The lowest BCUT2D eigenvalue weighted by molar-refractivity contribution is 0.282. The summed E-state index contributed by atoms with van der Waals surface area (Å²) in [7, 11) is 0. The molecule has 0 radical (unpaired) electrons. The van der Waals surface area contributed by atoms with Crippen LogP contribution in [-0.2, 0) is 0 Å². The number of rotatable bonds is 1. The highest BCUT2D eigenvalue weighted by molar-refractivity contribution is 4.57. The highest BCUT2D eigenvalue weighted by Crippen LogP contribution is 1.33. The molecule has 0 aliphatic heterocycles. The predicted molar refractivity (Wildman–Crippen MR) is 25.6 cm³/mol. The monoisotopic (exact) mass is 114 g/mol. The van der Waals surface area contributed by atoms with E-state index in [0.29, 0.717) is 0 Å². The third-order valence-corrected chi connectivity index (χ3v) is 0.158. The summed E-state index contributed by atoms with van der Waals surface area (Å²) < 4.78 is 0. The van der Waals surface area contributed by atoms with Gasteiger partial charge in [-0.25, -0.2) is 0 Å². The van der Waals surface area contributed by atoms with Crippen LogP contribution in [0, 0.1) is 22.9 Å². The molecule has 0 saturated carbocycles. The summed E-state index contributed by atoms with van der Waals surface area (Å²) in [5.41, 5.74) is 4.15. The highest BCUT2D eigenvalue weighted by Gasteiger charge is 1.58. The molecule has 0 aliphatic rings. The lowest BCUT2D eigenvalue weighted by Crippen LogP contribution is -2.04. The van der Waals surface area contributed by atoms with Gasteiger partial charge in [-0.1, -0.05) is 0 Å². The second kappa shape index (κ2) is 17.7. The molecule has 0 spiro atoms. The minimum atomic E-state index is -0.267. The normalized spacial score (nSPS) is 4.38. The number of aliphatic hydroxyl groups is 1. The summed E-state index contributed by atoms with van der Waals surface area (Å²) in [4.78, 5) is 0. The van der Waals surface area contributed by atoms with Crippen LogP contribution in [0.25, 0.3) is 0 Å². The number of nitrogens with one attached hydrogen (secondary N) is 1. The van der Waals surface area contributed by atoms with Crippen LogP contribution < -0.4 is 11.1 Å². The zero-order chi connectivity index (χ0) is 6.83. The van der Waals surface area contributed by atoms with E-state index in [0.717, 1.165) is 0 Å². The molecule has 0 bridgehead atoms. The molecule has 0 rings (SSSR count). The van der Waals surface area contributed by atoms with Crippen LogP contribution in [0.3, 0.4) is 0 Å². The van der Waals surface area contributed by atoms with Crippen molar-refractivity contribution in [3.05, 3.63) is 0 Å². The Kier molecular flexibility index (Phi) is 21.5. The SMILES string of the molecule is N#CN.N#CNCO. The van der Waals surface area contributed by atoms with Crippen LogP contribution in [0.15, 0.2) is 0 Å². The van der Waals surface area contributed by atoms with Crippen LogP contribution in [-0.4, -0.2) is 11.8 Å². The molecule has 5 heteroatoms. The fourth-order valence-electron chi connectivity index (χ4n) is 0.0354. The van der Waals surface area contributed by atoms with Crippen LogP contribution in [0.1, 0.15) is 0 Å². The first-order chi connectivity index (χ1) is 3.83. The van der Waals surface area contributed by atoms with Gasteiger partial charge >= 0.3 is 0 Å². The molecule has 0 amide bonds.